The molecular formula is C15H22N2O2. The first-order chi connectivity index (χ1) is 8.96. The van der Waals surface area contributed by atoms with Gasteiger partial charge in [0.05, 0.1) is 0 Å². The number of benzene rings is 1. The van der Waals surface area contributed by atoms with Crippen LogP contribution in [0.15, 0.2) is 24.3 Å². The molecule has 1 aliphatic rings. The number of carbonyl (C=O) groups is 1. The highest BCUT2D eigenvalue weighted by atomic mass is 16.6. The van der Waals surface area contributed by atoms with Gasteiger partial charge in [0.25, 0.3) is 0 Å². The average molecular weight is 262 g/mol. The molecule has 0 aromatic heterocycles. The summed E-state index contributed by atoms with van der Waals surface area (Å²) in [5.41, 5.74) is 1.55. The van der Waals surface area contributed by atoms with E-state index in [9.17, 15) is 4.79 Å². The van der Waals surface area contributed by atoms with Crippen molar-refractivity contribution in [1.82, 2.24) is 5.32 Å². The average Bonchev–Trinajstić information content (AvgIpc) is 2.80. The number of ether oxygens (including phenoxy) is 1. The molecule has 2 N–H and O–H groups in total. The Bertz CT molecular complexity index is 446. The molecule has 1 aliphatic heterocycles. The van der Waals surface area contributed by atoms with Gasteiger partial charge in [-0.3, -0.25) is 5.32 Å². The molecule has 0 saturated carbocycles. The molecule has 1 atom stereocenters. The van der Waals surface area contributed by atoms with E-state index in [2.05, 4.69) is 16.7 Å². The second-order valence-electron chi connectivity index (χ2n) is 5.90. The van der Waals surface area contributed by atoms with Crippen molar-refractivity contribution in [1.29, 1.82) is 0 Å². The minimum atomic E-state index is -0.478. The van der Waals surface area contributed by atoms with Gasteiger partial charge in [-0.15, -0.1) is 0 Å². The molecule has 4 nitrogen and oxygen atoms in total. The van der Waals surface area contributed by atoms with Crippen molar-refractivity contribution in [2.75, 3.05) is 18.4 Å². The van der Waals surface area contributed by atoms with Gasteiger partial charge in [-0.2, -0.15) is 0 Å². The van der Waals surface area contributed by atoms with E-state index in [0.29, 0.717) is 5.92 Å². The third-order valence-corrected chi connectivity index (χ3v) is 3.10. The Hall–Kier alpha value is -1.55. The van der Waals surface area contributed by atoms with E-state index in [0.717, 1.165) is 25.2 Å². The Morgan fingerprint density at radius 1 is 1.37 bits per heavy atom. The van der Waals surface area contributed by atoms with Crippen molar-refractivity contribution in [3.63, 3.8) is 0 Å². The summed E-state index contributed by atoms with van der Waals surface area (Å²) in [4.78, 5) is 11.8. The van der Waals surface area contributed by atoms with Gasteiger partial charge < -0.3 is 10.1 Å². The van der Waals surface area contributed by atoms with Crippen molar-refractivity contribution in [3.05, 3.63) is 29.8 Å². The molecule has 1 heterocycles. The van der Waals surface area contributed by atoms with Gasteiger partial charge in [-0.25, -0.2) is 4.79 Å². The summed E-state index contributed by atoms with van der Waals surface area (Å²) in [5, 5.41) is 6.20. The second kappa shape index (κ2) is 5.61. The number of amides is 1. The van der Waals surface area contributed by atoms with Crippen molar-refractivity contribution in [2.24, 2.45) is 0 Å². The fourth-order valence-corrected chi connectivity index (χ4v) is 2.30. The Balaban J connectivity index is 2.09. The molecule has 1 aromatic carbocycles. The number of hydrogen-bond acceptors (Lipinski definition) is 3. The van der Waals surface area contributed by atoms with Crippen molar-refractivity contribution in [2.45, 2.75) is 38.7 Å². The minimum Gasteiger partial charge on any atom is -0.444 e. The minimum absolute atomic E-state index is 0.397. The molecule has 1 aromatic rings. The predicted octanol–water partition coefficient (Wildman–Crippen LogP) is 3.11. The van der Waals surface area contributed by atoms with E-state index in [4.69, 9.17) is 4.74 Å². The van der Waals surface area contributed by atoms with E-state index < -0.39 is 11.7 Å². The highest BCUT2D eigenvalue weighted by Gasteiger charge is 2.21. The molecule has 2 rings (SSSR count). The van der Waals surface area contributed by atoms with Crippen LogP contribution in [0.2, 0.25) is 0 Å². The summed E-state index contributed by atoms with van der Waals surface area (Å²) in [5.74, 6) is 0.464. The molecule has 4 heteroatoms. The normalized spacial score (nSPS) is 19.2. The number of para-hydroxylation sites is 1. The van der Waals surface area contributed by atoms with Gasteiger partial charge >= 0.3 is 6.09 Å². The third-order valence-electron chi connectivity index (χ3n) is 3.10. The molecule has 0 spiro atoms. The largest absolute Gasteiger partial charge is 0.444 e. The van der Waals surface area contributed by atoms with Crippen LogP contribution in [-0.2, 0) is 4.74 Å². The molecule has 1 unspecified atom stereocenters. The molecule has 0 radical (unpaired) electrons. The first kappa shape index (κ1) is 13.9. The predicted molar refractivity (Wildman–Crippen MR) is 76.5 cm³/mol. The van der Waals surface area contributed by atoms with Gasteiger partial charge in [0.15, 0.2) is 0 Å². The fraction of sp³-hybridized carbons (Fsp3) is 0.533. The van der Waals surface area contributed by atoms with Crippen LogP contribution in [-0.4, -0.2) is 24.8 Å². The first-order valence-electron chi connectivity index (χ1n) is 6.75. The van der Waals surface area contributed by atoms with E-state index in [1.165, 1.54) is 5.56 Å². The second-order valence-corrected chi connectivity index (χ2v) is 5.90. The Kier molecular flexibility index (Phi) is 4.10. The summed E-state index contributed by atoms with van der Waals surface area (Å²) >= 11 is 0. The number of rotatable bonds is 2. The summed E-state index contributed by atoms with van der Waals surface area (Å²) in [6.45, 7) is 7.58. The molecule has 1 fully saturated rings. The number of carbonyl (C=O) groups excluding carboxylic acids is 1. The van der Waals surface area contributed by atoms with Gasteiger partial charge in [-0.05, 0) is 51.3 Å². The van der Waals surface area contributed by atoms with Crippen LogP contribution in [0.1, 0.15) is 38.7 Å². The molecule has 19 heavy (non-hydrogen) atoms. The van der Waals surface area contributed by atoms with E-state index in [-0.39, 0.29) is 0 Å². The zero-order valence-electron chi connectivity index (χ0n) is 11.8. The van der Waals surface area contributed by atoms with Crippen LogP contribution in [0, 0.1) is 0 Å². The molecular weight excluding hydrogens is 240 g/mol. The standard InChI is InChI=1S/C15H22N2O2/c1-15(2,3)19-14(18)17-13-7-5-4-6-12(13)11-8-9-16-10-11/h4-7,11,16H,8-10H2,1-3H3,(H,17,18). The van der Waals surface area contributed by atoms with Crippen LogP contribution >= 0.6 is 0 Å². The van der Waals surface area contributed by atoms with Gasteiger partial charge in [0.2, 0.25) is 0 Å². The summed E-state index contributed by atoms with van der Waals surface area (Å²) in [6.07, 6.45) is 0.707. The maximum Gasteiger partial charge on any atom is 0.412 e. The summed E-state index contributed by atoms with van der Waals surface area (Å²) in [7, 11) is 0. The number of anilines is 1. The molecule has 0 aliphatic carbocycles. The van der Waals surface area contributed by atoms with E-state index in [1.54, 1.807) is 0 Å². The van der Waals surface area contributed by atoms with Crippen LogP contribution in [0.3, 0.4) is 0 Å². The highest BCUT2D eigenvalue weighted by Crippen LogP contribution is 2.29. The van der Waals surface area contributed by atoms with E-state index in [1.807, 2.05) is 39.0 Å². The van der Waals surface area contributed by atoms with Crippen molar-refractivity contribution in [3.8, 4) is 0 Å². The van der Waals surface area contributed by atoms with Crippen LogP contribution < -0.4 is 10.6 Å². The van der Waals surface area contributed by atoms with Crippen molar-refractivity contribution < 1.29 is 9.53 Å². The smallest absolute Gasteiger partial charge is 0.412 e. The van der Waals surface area contributed by atoms with E-state index >= 15 is 0 Å². The lowest BCUT2D eigenvalue weighted by Gasteiger charge is -2.21. The topological polar surface area (TPSA) is 50.4 Å². The zero-order valence-corrected chi connectivity index (χ0v) is 11.8. The SMILES string of the molecule is CC(C)(C)OC(=O)Nc1ccccc1C1CCNC1. The van der Waals surface area contributed by atoms with Gasteiger partial charge in [0.1, 0.15) is 5.60 Å². The zero-order chi connectivity index (χ0) is 13.9. The monoisotopic (exact) mass is 262 g/mol. The number of hydrogen-bond donors (Lipinski definition) is 2. The Labute approximate surface area is 114 Å². The van der Waals surface area contributed by atoms with Crippen LogP contribution in [0.4, 0.5) is 10.5 Å². The third kappa shape index (κ3) is 3.96. The maximum absolute atomic E-state index is 11.8. The highest BCUT2D eigenvalue weighted by molar-refractivity contribution is 5.86. The Morgan fingerprint density at radius 2 is 2.11 bits per heavy atom. The molecule has 104 valence electrons. The van der Waals surface area contributed by atoms with Crippen molar-refractivity contribution >= 4 is 11.8 Å². The lowest BCUT2D eigenvalue weighted by atomic mass is 9.97. The molecule has 1 saturated heterocycles. The molecule has 1 amide bonds. The van der Waals surface area contributed by atoms with Crippen LogP contribution in [0.25, 0.3) is 0 Å². The molecule has 0 bridgehead atoms. The first-order valence-corrected chi connectivity index (χ1v) is 6.75. The quantitative estimate of drug-likeness (QED) is 0.861. The lowest BCUT2D eigenvalue weighted by Crippen LogP contribution is -2.27. The van der Waals surface area contributed by atoms with Gasteiger partial charge in [-0.1, -0.05) is 18.2 Å². The lowest BCUT2D eigenvalue weighted by molar-refractivity contribution is 0.0636. The van der Waals surface area contributed by atoms with Gasteiger partial charge in [0, 0.05) is 12.2 Å². The summed E-state index contributed by atoms with van der Waals surface area (Å²) in [6, 6.07) is 7.94. The Morgan fingerprint density at radius 3 is 2.74 bits per heavy atom. The summed E-state index contributed by atoms with van der Waals surface area (Å²) < 4.78 is 5.29. The van der Waals surface area contributed by atoms with Crippen LogP contribution in [0.5, 0.6) is 0 Å². The fourth-order valence-electron chi connectivity index (χ4n) is 2.30. The number of nitrogens with one attached hydrogen (secondary N) is 2. The maximum atomic E-state index is 11.8.